The molecule has 8 nitrogen and oxygen atoms in total. The highest BCUT2D eigenvalue weighted by Crippen LogP contribution is 2.31. The van der Waals surface area contributed by atoms with Crippen LogP contribution in [0.4, 0.5) is 10.5 Å². The van der Waals surface area contributed by atoms with E-state index in [1.165, 1.54) is 4.90 Å². The summed E-state index contributed by atoms with van der Waals surface area (Å²) in [6, 6.07) is 10.6. The Morgan fingerprint density at radius 1 is 0.917 bits per heavy atom. The van der Waals surface area contributed by atoms with Gasteiger partial charge in [-0.1, -0.05) is 18.2 Å². The molecule has 2 rings (SSSR count). The zero-order valence-corrected chi connectivity index (χ0v) is 22.8. The summed E-state index contributed by atoms with van der Waals surface area (Å²) in [4.78, 5) is 41.4. The van der Waals surface area contributed by atoms with E-state index < -0.39 is 29.7 Å². The van der Waals surface area contributed by atoms with E-state index in [0.29, 0.717) is 11.4 Å². The Morgan fingerprint density at radius 3 is 1.94 bits per heavy atom. The van der Waals surface area contributed by atoms with Crippen molar-refractivity contribution in [3.63, 3.8) is 0 Å². The molecule has 2 atom stereocenters. The molecule has 2 N–H and O–H groups in total. The minimum Gasteiger partial charge on any atom is -0.497 e. The number of rotatable bonds is 8. The Hall–Kier alpha value is -3.55. The lowest BCUT2D eigenvalue weighted by Crippen LogP contribution is -2.53. The van der Waals surface area contributed by atoms with Gasteiger partial charge in [0, 0.05) is 11.7 Å². The van der Waals surface area contributed by atoms with Crippen LogP contribution in [0.2, 0.25) is 0 Å². The maximum absolute atomic E-state index is 13.8. The van der Waals surface area contributed by atoms with Gasteiger partial charge >= 0.3 is 6.09 Å². The van der Waals surface area contributed by atoms with Crippen LogP contribution >= 0.6 is 0 Å². The van der Waals surface area contributed by atoms with Crippen LogP contribution in [0.5, 0.6) is 5.75 Å². The lowest BCUT2D eigenvalue weighted by molar-refractivity contribution is -0.142. The molecule has 2 unspecified atom stereocenters. The van der Waals surface area contributed by atoms with E-state index >= 15 is 0 Å². The first-order valence-corrected chi connectivity index (χ1v) is 12.1. The Balaban J connectivity index is 2.47. The average Bonchev–Trinajstić information content (AvgIpc) is 2.76. The molecule has 2 aromatic rings. The SMILES string of the molecule is COc1ccc(NC(=O)C(c2c(C)cccc2C)N(C(=O)C(C)NC(=O)OC(C)(C)C)C(C)C)cc1. The van der Waals surface area contributed by atoms with Crippen LogP contribution < -0.4 is 15.4 Å². The van der Waals surface area contributed by atoms with Gasteiger partial charge in [-0.15, -0.1) is 0 Å². The Bertz CT molecular complexity index is 1050. The molecule has 36 heavy (non-hydrogen) atoms. The van der Waals surface area contributed by atoms with Crippen molar-refractivity contribution in [1.82, 2.24) is 10.2 Å². The molecule has 8 heteroatoms. The third kappa shape index (κ3) is 7.47. The lowest BCUT2D eigenvalue weighted by Gasteiger charge is -2.37. The number of anilines is 1. The molecule has 0 spiro atoms. The van der Waals surface area contributed by atoms with Crippen LogP contribution in [0.3, 0.4) is 0 Å². The fourth-order valence-electron chi connectivity index (χ4n) is 3.99. The molecule has 0 aliphatic rings. The number of carbonyl (C=O) groups excluding carboxylic acids is 3. The van der Waals surface area contributed by atoms with Gasteiger partial charge in [-0.25, -0.2) is 4.79 Å². The van der Waals surface area contributed by atoms with Crippen LogP contribution in [-0.4, -0.2) is 47.6 Å². The molecular weight excluding hydrogens is 458 g/mol. The highest BCUT2D eigenvalue weighted by atomic mass is 16.6. The van der Waals surface area contributed by atoms with E-state index in [1.807, 2.05) is 45.9 Å². The fourth-order valence-corrected chi connectivity index (χ4v) is 3.99. The molecule has 196 valence electrons. The molecular formula is C28H39N3O5. The Labute approximate surface area is 214 Å². The monoisotopic (exact) mass is 497 g/mol. The number of alkyl carbamates (subject to hydrolysis) is 1. The number of ether oxygens (including phenoxy) is 2. The van der Waals surface area contributed by atoms with Crippen molar-refractivity contribution < 1.29 is 23.9 Å². The highest BCUT2D eigenvalue weighted by Gasteiger charge is 2.37. The number of nitrogens with zero attached hydrogens (tertiary/aromatic N) is 1. The van der Waals surface area contributed by atoms with E-state index in [1.54, 1.807) is 59.1 Å². The maximum Gasteiger partial charge on any atom is 0.408 e. The molecule has 0 saturated carbocycles. The molecule has 0 aliphatic carbocycles. The fraction of sp³-hybridized carbons (Fsp3) is 0.464. The molecule has 3 amide bonds. The van der Waals surface area contributed by atoms with Gasteiger partial charge in [0.15, 0.2) is 0 Å². The van der Waals surface area contributed by atoms with E-state index in [4.69, 9.17) is 9.47 Å². The van der Waals surface area contributed by atoms with Gasteiger partial charge in [0.25, 0.3) is 5.91 Å². The van der Waals surface area contributed by atoms with E-state index in [9.17, 15) is 14.4 Å². The minimum atomic E-state index is -0.927. The number of aryl methyl sites for hydroxylation is 2. The number of hydrogen-bond donors (Lipinski definition) is 2. The van der Waals surface area contributed by atoms with Gasteiger partial charge in [0.1, 0.15) is 23.4 Å². The Kier molecular flexibility index (Phi) is 9.50. The van der Waals surface area contributed by atoms with Crippen LogP contribution in [0, 0.1) is 13.8 Å². The quantitative estimate of drug-likeness (QED) is 0.526. The molecule has 0 radical (unpaired) electrons. The first-order chi connectivity index (χ1) is 16.7. The van der Waals surface area contributed by atoms with Crippen molar-refractivity contribution in [2.75, 3.05) is 12.4 Å². The third-order valence-corrected chi connectivity index (χ3v) is 5.61. The summed E-state index contributed by atoms with van der Waals surface area (Å²) in [5.74, 6) is -0.0854. The largest absolute Gasteiger partial charge is 0.497 e. The van der Waals surface area contributed by atoms with Crippen molar-refractivity contribution in [3.8, 4) is 5.75 Å². The summed E-state index contributed by atoms with van der Waals surface area (Å²) in [5, 5.41) is 5.56. The summed E-state index contributed by atoms with van der Waals surface area (Å²) in [6.45, 7) is 14.4. The number of carbonyl (C=O) groups is 3. The van der Waals surface area contributed by atoms with Gasteiger partial charge < -0.3 is 25.0 Å². The molecule has 0 aliphatic heterocycles. The lowest BCUT2D eigenvalue weighted by atomic mass is 9.93. The van der Waals surface area contributed by atoms with Gasteiger partial charge in [-0.05, 0) is 96.3 Å². The summed E-state index contributed by atoms with van der Waals surface area (Å²) in [7, 11) is 1.57. The van der Waals surface area contributed by atoms with E-state index in [-0.39, 0.29) is 11.9 Å². The van der Waals surface area contributed by atoms with Crippen molar-refractivity contribution in [2.24, 2.45) is 0 Å². The molecule has 0 heterocycles. The molecule has 0 saturated heterocycles. The van der Waals surface area contributed by atoms with Crippen LogP contribution in [0.15, 0.2) is 42.5 Å². The van der Waals surface area contributed by atoms with Gasteiger partial charge in [0.05, 0.1) is 7.11 Å². The Morgan fingerprint density at radius 2 is 1.47 bits per heavy atom. The molecule has 0 fully saturated rings. The smallest absolute Gasteiger partial charge is 0.408 e. The topological polar surface area (TPSA) is 97.0 Å². The highest BCUT2D eigenvalue weighted by molar-refractivity contribution is 5.99. The second-order valence-electron chi connectivity index (χ2n) is 10.1. The van der Waals surface area contributed by atoms with Crippen molar-refractivity contribution in [2.45, 2.75) is 79.1 Å². The minimum absolute atomic E-state index is 0.342. The second-order valence-corrected chi connectivity index (χ2v) is 10.1. The molecule has 0 bridgehead atoms. The summed E-state index contributed by atoms with van der Waals surface area (Å²) in [6.07, 6.45) is -0.696. The van der Waals surface area contributed by atoms with Crippen LogP contribution in [0.1, 0.15) is 64.3 Å². The van der Waals surface area contributed by atoms with Crippen LogP contribution in [0.25, 0.3) is 0 Å². The number of hydrogen-bond acceptors (Lipinski definition) is 5. The second kappa shape index (κ2) is 11.9. The zero-order valence-electron chi connectivity index (χ0n) is 22.8. The van der Waals surface area contributed by atoms with Crippen molar-refractivity contribution in [3.05, 3.63) is 59.2 Å². The maximum atomic E-state index is 13.8. The van der Waals surface area contributed by atoms with Crippen molar-refractivity contribution in [1.29, 1.82) is 0 Å². The number of benzene rings is 2. The number of nitrogens with one attached hydrogen (secondary N) is 2. The first-order valence-electron chi connectivity index (χ1n) is 12.1. The third-order valence-electron chi connectivity index (χ3n) is 5.61. The van der Waals surface area contributed by atoms with E-state index in [2.05, 4.69) is 10.6 Å². The predicted octanol–water partition coefficient (Wildman–Crippen LogP) is 5.14. The standard InChI is InChI=1S/C28H39N3O5/c1-17(2)31(26(33)20(5)29-27(34)36-28(6,7)8)24(23-18(3)11-10-12-19(23)4)25(32)30-21-13-15-22(35-9)16-14-21/h10-17,20,24H,1-9H3,(H,29,34)(H,30,32). The number of amides is 3. The summed E-state index contributed by atoms with van der Waals surface area (Å²) >= 11 is 0. The van der Waals surface area contributed by atoms with Gasteiger partial charge in [-0.2, -0.15) is 0 Å². The van der Waals surface area contributed by atoms with Crippen LogP contribution in [-0.2, 0) is 14.3 Å². The summed E-state index contributed by atoms with van der Waals surface area (Å²) in [5.41, 5.74) is 2.39. The zero-order chi connectivity index (χ0) is 27.2. The first kappa shape index (κ1) is 28.7. The number of methoxy groups -OCH3 is 1. The van der Waals surface area contributed by atoms with E-state index in [0.717, 1.165) is 16.7 Å². The predicted molar refractivity (Wildman–Crippen MR) is 141 cm³/mol. The van der Waals surface area contributed by atoms with Gasteiger partial charge in [0.2, 0.25) is 5.91 Å². The molecule has 0 aromatic heterocycles. The molecule has 2 aromatic carbocycles. The van der Waals surface area contributed by atoms with Gasteiger partial charge in [-0.3, -0.25) is 9.59 Å². The van der Waals surface area contributed by atoms with Crippen molar-refractivity contribution >= 4 is 23.6 Å². The average molecular weight is 498 g/mol. The summed E-state index contributed by atoms with van der Waals surface area (Å²) < 4.78 is 10.5. The normalized spacial score (nSPS) is 12.9.